The number of anilines is 1. The minimum atomic E-state index is -3.65. The van der Waals surface area contributed by atoms with E-state index in [4.69, 9.17) is 0 Å². The van der Waals surface area contributed by atoms with Gasteiger partial charge in [0, 0.05) is 63.6 Å². The van der Waals surface area contributed by atoms with Gasteiger partial charge in [0.1, 0.15) is 0 Å². The number of hydrogen-bond donors (Lipinski definition) is 2. The summed E-state index contributed by atoms with van der Waals surface area (Å²) in [5, 5.41) is 2.39. The molecule has 1 radical (unpaired) electrons. The van der Waals surface area contributed by atoms with E-state index in [9.17, 15) is 13.2 Å². The van der Waals surface area contributed by atoms with Gasteiger partial charge in [0.05, 0.1) is 5.25 Å². The van der Waals surface area contributed by atoms with Gasteiger partial charge in [-0.3, -0.25) is 0 Å². The summed E-state index contributed by atoms with van der Waals surface area (Å²) in [6.07, 6.45) is 6.78. The van der Waals surface area contributed by atoms with Crippen molar-refractivity contribution in [3.8, 4) is 0 Å². The first-order valence-electron chi connectivity index (χ1n) is 9.69. The summed E-state index contributed by atoms with van der Waals surface area (Å²) in [5.74, 6) is 0. The third-order valence-electron chi connectivity index (χ3n) is 6.06. The number of urea groups is 1. The number of carbonyl (C=O) groups is 1. The number of aryl methyl sites for hydroxylation is 2. The smallest absolute Gasteiger partial charge is 0.307 e. The van der Waals surface area contributed by atoms with E-state index in [0.29, 0.717) is 13.0 Å². The third-order valence-corrected chi connectivity index (χ3v) is 7.79. The molecule has 2 aliphatic carbocycles. The molecule has 1 heterocycles. The number of benzene rings is 1. The Morgan fingerprint density at radius 3 is 2.33 bits per heavy atom. The molecule has 1 fully saturated rings. The summed E-state index contributed by atoms with van der Waals surface area (Å²) in [6.45, 7) is 4.12. The molecule has 4 rings (SSSR count). The maximum atomic E-state index is 12.6. The van der Waals surface area contributed by atoms with Crippen LogP contribution < -0.4 is 10.0 Å². The van der Waals surface area contributed by atoms with Crippen LogP contribution in [0.3, 0.4) is 0 Å². The maximum Gasteiger partial charge on any atom is 0.332 e. The van der Waals surface area contributed by atoms with E-state index in [1.54, 1.807) is 0 Å². The number of nitrogens with one attached hydrogen (secondary N) is 2. The molecule has 3 aliphatic rings. The molecule has 1 saturated heterocycles. The van der Waals surface area contributed by atoms with E-state index in [0.717, 1.165) is 57.3 Å². The average molecular weight is 417 g/mol. The van der Waals surface area contributed by atoms with Crippen LogP contribution in [0.1, 0.15) is 48.4 Å². The number of likely N-dealkylation sites (tertiary alicyclic amines) is 1. The van der Waals surface area contributed by atoms with Gasteiger partial charge in [-0.25, -0.2) is 17.9 Å². The first-order chi connectivity index (χ1) is 12.5. The molecule has 6 nitrogen and oxygen atoms in total. The molecule has 1 aliphatic heterocycles. The molecule has 1 aromatic rings. The van der Waals surface area contributed by atoms with Crippen LogP contribution >= 0.6 is 0 Å². The Morgan fingerprint density at radius 2 is 1.78 bits per heavy atom. The first-order valence-corrected chi connectivity index (χ1v) is 11.2. The standard InChI is InChI=1S/C19H27N3O3S.K/c1-2-22-10-9-15(12-22)26(24,25)21-19(23)20-18-16-7-3-5-13(16)11-14-6-4-8-17(14)18;/h11,15H,2-10,12H2,1H3,(H2,20,21,23);. The third kappa shape index (κ3) is 4.47. The Labute approximate surface area is 204 Å². The van der Waals surface area contributed by atoms with Crippen LogP contribution in [0.5, 0.6) is 0 Å². The molecule has 1 atom stereocenters. The van der Waals surface area contributed by atoms with Gasteiger partial charge in [-0.1, -0.05) is 13.0 Å². The van der Waals surface area contributed by atoms with Gasteiger partial charge in [0.25, 0.3) is 0 Å². The summed E-state index contributed by atoms with van der Waals surface area (Å²) in [6, 6.07) is 1.68. The number of nitrogens with zero attached hydrogens (tertiary/aromatic N) is 1. The fourth-order valence-corrected chi connectivity index (χ4v) is 5.96. The van der Waals surface area contributed by atoms with Gasteiger partial charge < -0.3 is 10.2 Å². The Morgan fingerprint density at radius 1 is 1.15 bits per heavy atom. The van der Waals surface area contributed by atoms with Crippen molar-refractivity contribution in [2.24, 2.45) is 0 Å². The van der Waals surface area contributed by atoms with Crippen LogP contribution in [0, 0.1) is 0 Å². The van der Waals surface area contributed by atoms with Crippen molar-refractivity contribution in [2.45, 2.75) is 57.1 Å². The van der Waals surface area contributed by atoms with Crippen LogP contribution in [0.15, 0.2) is 6.07 Å². The van der Waals surface area contributed by atoms with E-state index >= 15 is 0 Å². The van der Waals surface area contributed by atoms with Crippen molar-refractivity contribution >= 4 is 73.1 Å². The van der Waals surface area contributed by atoms with Crippen molar-refractivity contribution in [1.29, 1.82) is 0 Å². The predicted molar refractivity (Wildman–Crippen MR) is 108 cm³/mol. The normalized spacial score (nSPS) is 21.4. The number of hydrogen-bond acceptors (Lipinski definition) is 4. The first kappa shape index (κ1) is 21.7. The molecule has 1 unspecified atom stereocenters. The minimum absolute atomic E-state index is 0. The molecule has 0 spiro atoms. The molecular formula is C19H27KN3O3S. The molecule has 2 N–H and O–H groups in total. The Hall–Kier alpha value is 0.0364. The van der Waals surface area contributed by atoms with Gasteiger partial charge in [0.15, 0.2) is 0 Å². The summed E-state index contributed by atoms with van der Waals surface area (Å²) in [7, 11) is -3.65. The SMILES string of the molecule is CCN1CCC(S(=O)(=O)NC(=O)Nc2c3c(cc4c2CCC4)CCC3)C1.[K]. The van der Waals surface area contributed by atoms with Crippen molar-refractivity contribution < 1.29 is 13.2 Å². The van der Waals surface area contributed by atoms with Crippen molar-refractivity contribution in [3.05, 3.63) is 28.3 Å². The van der Waals surface area contributed by atoms with Gasteiger partial charge in [-0.2, -0.15) is 0 Å². The van der Waals surface area contributed by atoms with Crippen LogP contribution in [-0.4, -0.2) is 95.6 Å². The number of sulfonamides is 1. The van der Waals surface area contributed by atoms with E-state index in [1.165, 1.54) is 22.3 Å². The van der Waals surface area contributed by atoms with E-state index < -0.39 is 21.3 Å². The fourth-order valence-electron chi connectivity index (χ4n) is 4.66. The molecule has 0 saturated carbocycles. The zero-order valence-corrected chi connectivity index (χ0v) is 20.2. The Kier molecular flexibility index (Phi) is 7.09. The van der Waals surface area contributed by atoms with Crippen molar-refractivity contribution in [2.75, 3.05) is 25.0 Å². The van der Waals surface area contributed by atoms with Gasteiger partial charge in [0.2, 0.25) is 10.0 Å². The second-order valence-electron chi connectivity index (χ2n) is 7.64. The minimum Gasteiger partial charge on any atom is -0.307 e. The predicted octanol–water partition coefficient (Wildman–Crippen LogP) is 1.83. The number of carbonyl (C=O) groups excluding carboxylic acids is 1. The largest absolute Gasteiger partial charge is 0.332 e. The summed E-state index contributed by atoms with van der Waals surface area (Å²) >= 11 is 0. The molecule has 143 valence electrons. The maximum absolute atomic E-state index is 12.6. The second kappa shape index (κ2) is 8.81. The average Bonchev–Trinajstić information content (AvgIpc) is 3.33. The fraction of sp³-hybridized carbons (Fsp3) is 0.632. The molecule has 1 aromatic carbocycles. The Balaban J connectivity index is 0.00000210. The van der Waals surface area contributed by atoms with Gasteiger partial charge in [-0.15, -0.1) is 0 Å². The monoisotopic (exact) mass is 416 g/mol. The molecule has 0 bridgehead atoms. The summed E-state index contributed by atoms with van der Waals surface area (Å²) < 4.78 is 27.4. The molecular weight excluding hydrogens is 389 g/mol. The second-order valence-corrected chi connectivity index (χ2v) is 9.60. The van der Waals surface area contributed by atoms with Gasteiger partial charge >= 0.3 is 6.03 Å². The van der Waals surface area contributed by atoms with Crippen LogP contribution in [0.4, 0.5) is 10.5 Å². The summed E-state index contributed by atoms with van der Waals surface area (Å²) in [5.41, 5.74) is 5.92. The van der Waals surface area contributed by atoms with Crippen LogP contribution in [0.25, 0.3) is 0 Å². The van der Waals surface area contributed by atoms with Crippen molar-refractivity contribution in [3.63, 3.8) is 0 Å². The van der Waals surface area contributed by atoms with Crippen molar-refractivity contribution in [1.82, 2.24) is 9.62 Å². The molecule has 0 aromatic heterocycles. The van der Waals surface area contributed by atoms with Crippen LogP contribution in [-0.2, 0) is 35.7 Å². The molecule has 27 heavy (non-hydrogen) atoms. The van der Waals surface area contributed by atoms with E-state index in [2.05, 4.69) is 21.0 Å². The van der Waals surface area contributed by atoms with Crippen LogP contribution in [0.2, 0.25) is 0 Å². The summed E-state index contributed by atoms with van der Waals surface area (Å²) in [4.78, 5) is 14.6. The zero-order chi connectivity index (χ0) is 18.3. The molecule has 8 heteroatoms. The number of rotatable bonds is 4. The van der Waals surface area contributed by atoms with Gasteiger partial charge in [-0.05, 0) is 80.3 Å². The van der Waals surface area contributed by atoms with E-state index in [1.807, 2.05) is 6.92 Å². The topological polar surface area (TPSA) is 78.5 Å². The number of fused-ring (bicyclic) bond motifs is 2. The zero-order valence-electron chi connectivity index (χ0n) is 16.3. The number of amides is 2. The van der Waals surface area contributed by atoms with E-state index in [-0.39, 0.29) is 51.4 Å². The molecule has 2 amide bonds. The quantitative estimate of drug-likeness (QED) is 0.734. The Bertz CT molecular complexity index is 809.